The molecule has 0 radical (unpaired) electrons. The second-order valence-electron chi connectivity index (χ2n) is 6.87. The first-order valence-corrected chi connectivity index (χ1v) is 9.79. The van der Waals surface area contributed by atoms with Crippen LogP contribution in [-0.2, 0) is 22.6 Å². The third-order valence-electron chi connectivity index (χ3n) is 4.89. The van der Waals surface area contributed by atoms with Crippen molar-refractivity contribution in [1.82, 2.24) is 10.2 Å². The quantitative estimate of drug-likeness (QED) is 0.674. The minimum absolute atomic E-state index is 0.0686. The Kier molecular flexibility index (Phi) is 7.72. The number of carbonyl (C=O) groups is 1. The number of hydrogen-bond acceptors (Lipinski definition) is 6. The van der Waals surface area contributed by atoms with Crippen LogP contribution in [0, 0.1) is 0 Å². The number of hydrogen-bond donors (Lipinski definition) is 2. The summed E-state index contributed by atoms with van der Waals surface area (Å²) in [5, 5.41) is 6.20. The first kappa shape index (κ1) is 21.0. The van der Waals surface area contributed by atoms with E-state index in [9.17, 15) is 4.79 Å². The van der Waals surface area contributed by atoms with Gasteiger partial charge in [0.1, 0.15) is 0 Å². The molecule has 1 heterocycles. The van der Waals surface area contributed by atoms with E-state index in [1.54, 1.807) is 14.2 Å². The van der Waals surface area contributed by atoms with Gasteiger partial charge >= 0.3 is 0 Å². The summed E-state index contributed by atoms with van der Waals surface area (Å²) < 4.78 is 16.0. The van der Waals surface area contributed by atoms with E-state index in [4.69, 9.17) is 14.2 Å². The molecule has 1 aliphatic rings. The van der Waals surface area contributed by atoms with Crippen molar-refractivity contribution in [3.8, 4) is 11.5 Å². The Morgan fingerprint density at radius 2 is 1.83 bits per heavy atom. The molecule has 1 amide bonds. The van der Waals surface area contributed by atoms with Crippen LogP contribution in [0.15, 0.2) is 42.5 Å². The zero-order valence-corrected chi connectivity index (χ0v) is 17.1. The fraction of sp³-hybridized carbons (Fsp3) is 0.409. The number of methoxy groups -OCH3 is 2. The van der Waals surface area contributed by atoms with Crippen LogP contribution < -0.4 is 20.1 Å². The second-order valence-corrected chi connectivity index (χ2v) is 6.87. The number of benzene rings is 2. The molecule has 2 aromatic rings. The van der Waals surface area contributed by atoms with E-state index in [-0.39, 0.29) is 12.5 Å². The Morgan fingerprint density at radius 3 is 2.59 bits per heavy atom. The molecule has 0 saturated carbocycles. The topological polar surface area (TPSA) is 72.1 Å². The number of anilines is 1. The average molecular weight is 399 g/mol. The van der Waals surface area contributed by atoms with Crippen LogP contribution >= 0.6 is 0 Å². The molecule has 7 nitrogen and oxygen atoms in total. The van der Waals surface area contributed by atoms with Crippen LogP contribution in [0.5, 0.6) is 11.5 Å². The zero-order valence-electron chi connectivity index (χ0n) is 17.1. The van der Waals surface area contributed by atoms with Crippen molar-refractivity contribution in [2.24, 2.45) is 0 Å². The zero-order chi connectivity index (χ0) is 20.5. The van der Waals surface area contributed by atoms with Gasteiger partial charge in [0.2, 0.25) is 5.91 Å². The normalized spacial score (nSPS) is 14.3. The van der Waals surface area contributed by atoms with Gasteiger partial charge in [0.05, 0.1) is 34.0 Å². The fourth-order valence-corrected chi connectivity index (χ4v) is 3.26. The van der Waals surface area contributed by atoms with E-state index in [1.165, 1.54) is 5.56 Å². The first-order chi connectivity index (χ1) is 14.2. The lowest BCUT2D eigenvalue weighted by atomic mass is 10.1. The maximum absolute atomic E-state index is 12.3. The molecule has 156 valence electrons. The maximum Gasteiger partial charge on any atom is 0.239 e. The lowest BCUT2D eigenvalue weighted by Gasteiger charge is -2.27. The molecule has 2 N–H and O–H groups in total. The molecule has 0 aliphatic carbocycles. The monoisotopic (exact) mass is 399 g/mol. The molecule has 29 heavy (non-hydrogen) atoms. The summed E-state index contributed by atoms with van der Waals surface area (Å²) >= 11 is 0. The van der Waals surface area contributed by atoms with E-state index < -0.39 is 0 Å². The SMILES string of the molecule is COc1ccc(CNC(=O)CNc2ccccc2CN2CCOCC2)cc1OC. The summed E-state index contributed by atoms with van der Waals surface area (Å²) in [7, 11) is 3.19. The Morgan fingerprint density at radius 1 is 1.07 bits per heavy atom. The first-order valence-electron chi connectivity index (χ1n) is 9.79. The third-order valence-corrected chi connectivity index (χ3v) is 4.89. The number of carbonyl (C=O) groups excluding carboxylic acids is 1. The van der Waals surface area contributed by atoms with Crippen molar-refractivity contribution in [1.29, 1.82) is 0 Å². The van der Waals surface area contributed by atoms with Crippen molar-refractivity contribution in [3.05, 3.63) is 53.6 Å². The number of morpholine rings is 1. The van der Waals surface area contributed by atoms with E-state index in [0.717, 1.165) is 44.1 Å². The summed E-state index contributed by atoms with van der Waals surface area (Å²) in [6.45, 7) is 4.89. The van der Waals surface area contributed by atoms with Crippen LogP contribution in [0.3, 0.4) is 0 Å². The summed E-state index contributed by atoms with van der Waals surface area (Å²) in [6, 6.07) is 13.7. The maximum atomic E-state index is 12.3. The minimum atomic E-state index is -0.0686. The van der Waals surface area contributed by atoms with Gasteiger partial charge in [0.25, 0.3) is 0 Å². The molecular weight excluding hydrogens is 370 g/mol. The van der Waals surface area contributed by atoms with Crippen LogP contribution in [0.4, 0.5) is 5.69 Å². The van der Waals surface area contributed by atoms with Gasteiger partial charge in [-0.25, -0.2) is 0 Å². The van der Waals surface area contributed by atoms with Crippen LogP contribution in [0.2, 0.25) is 0 Å². The number of amides is 1. The molecule has 0 aromatic heterocycles. The third kappa shape index (κ3) is 6.10. The van der Waals surface area contributed by atoms with Gasteiger partial charge in [-0.1, -0.05) is 24.3 Å². The van der Waals surface area contributed by atoms with Gasteiger partial charge in [-0.05, 0) is 29.3 Å². The largest absolute Gasteiger partial charge is 0.493 e. The summed E-state index contributed by atoms with van der Waals surface area (Å²) in [4.78, 5) is 14.7. The number of nitrogens with one attached hydrogen (secondary N) is 2. The predicted octanol–water partition coefficient (Wildman–Crippen LogP) is 2.26. The lowest BCUT2D eigenvalue weighted by Crippen LogP contribution is -2.36. The van der Waals surface area contributed by atoms with Crippen molar-refractivity contribution >= 4 is 11.6 Å². The van der Waals surface area contributed by atoms with Crippen molar-refractivity contribution in [2.45, 2.75) is 13.1 Å². The van der Waals surface area contributed by atoms with Crippen LogP contribution in [-0.4, -0.2) is 57.9 Å². The molecule has 0 atom stereocenters. The van der Waals surface area contributed by atoms with Crippen LogP contribution in [0.25, 0.3) is 0 Å². The average Bonchev–Trinajstić information content (AvgIpc) is 2.77. The van der Waals surface area contributed by atoms with Gasteiger partial charge in [0, 0.05) is 31.9 Å². The molecule has 0 unspecified atom stereocenters. The highest BCUT2D eigenvalue weighted by Crippen LogP contribution is 2.27. The molecule has 2 aromatic carbocycles. The molecule has 1 saturated heterocycles. The Balaban J connectivity index is 1.50. The van der Waals surface area contributed by atoms with Crippen molar-refractivity contribution < 1.29 is 19.0 Å². The van der Waals surface area contributed by atoms with Crippen molar-refractivity contribution in [2.75, 3.05) is 52.4 Å². The highest BCUT2D eigenvalue weighted by atomic mass is 16.5. The smallest absolute Gasteiger partial charge is 0.239 e. The van der Waals surface area contributed by atoms with Gasteiger partial charge in [0.15, 0.2) is 11.5 Å². The Hall–Kier alpha value is -2.77. The molecule has 1 fully saturated rings. The van der Waals surface area contributed by atoms with Gasteiger partial charge in [-0.2, -0.15) is 0 Å². The lowest BCUT2D eigenvalue weighted by molar-refractivity contribution is -0.119. The molecule has 0 bridgehead atoms. The van der Waals surface area contributed by atoms with Gasteiger partial charge in [-0.15, -0.1) is 0 Å². The van der Waals surface area contributed by atoms with E-state index in [2.05, 4.69) is 21.6 Å². The predicted molar refractivity (Wildman–Crippen MR) is 112 cm³/mol. The molecule has 7 heteroatoms. The molecule has 0 spiro atoms. The molecule has 3 rings (SSSR count). The Bertz CT molecular complexity index is 806. The standard InChI is InChI=1S/C22H29N3O4/c1-27-20-8-7-17(13-21(20)28-2)14-24-22(26)15-23-19-6-4-3-5-18(19)16-25-9-11-29-12-10-25/h3-8,13,23H,9-12,14-16H2,1-2H3,(H,24,26). The number of nitrogens with zero attached hydrogens (tertiary/aromatic N) is 1. The fourth-order valence-electron chi connectivity index (χ4n) is 3.26. The highest BCUT2D eigenvalue weighted by molar-refractivity contribution is 5.81. The van der Waals surface area contributed by atoms with E-state index >= 15 is 0 Å². The number of rotatable bonds is 9. The summed E-state index contributed by atoms with van der Waals surface area (Å²) in [5.41, 5.74) is 3.12. The molecule has 1 aliphatic heterocycles. The summed E-state index contributed by atoms with van der Waals surface area (Å²) in [6.07, 6.45) is 0. The van der Waals surface area contributed by atoms with Crippen LogP contribution in [0.1, 0.15) is 11.1 Å². The molecular formula is C22H29N3O4. The second kappa shape index (κ2) is 10.7. The van der Waals surface area contributed by atoms with E-state index in [0.29, 0.717) is 18.0 Å². The van der Waals surface area contributed by atoms with E-state index in [1.807, 2.05) is 36.4 Å². The minimum Gasteiger partial charge on any atom is -0.493 e. The number of para-hydroxylation sites is 1. The summed E-state index contributed by atoms with van der Waals surface area (Å²) in [5.74, 6) is 1.25. The van der Waals surface area contributed by atoms with Gasteiger partial charge in [-0.3, -0.25) is 9.69 Å². The van der Waals surface area contributed by atoms with Crippen molar-refractivity contribution in [3.63, 3.8) is 0 Å². The Labute approximate surface area is 171 Å². The van der Waals surface area contributed by atoms with Gasteiger partial charge < -0.3 is 24.8 Å². The highest BCUT2D eigenvalue weighted by Gasteiger charge is 2.13. The number of ether oxygens (including phenoxy) is 3.